The van der Waals surface area contributed by atoms with Gasteiger partial charge in [0.25, 0.3) is 0 Å². The van der Waals surface area contributed by atoms with Crippen LogP contribution in [0.1, 0.15) is 103 Å². The fourth-order valence-electron chi connectivity index (χ4n) is 11.5. The fourth-order valence-corrected chi connectivity index (χ4v) is 12.4. The first kappa shape index (κ1) is 56.5. The summed E-state index contributed by atoms with van der Waals surface area (Å²) in [5.41, 5.74) is 6.98. The molecule has 416 valence electrons. The van der Waals surface area contributed by atoms with Crippen LogP contribution in [0.2, 0.25) is 0 Å². The van der Waals surface area contributed by atoms with E-state index >= 15 is 4.39 Å². The molecule has 4 N–H and O–H groups in total. The van der Waals surface area contributed by atoms with Crippen molar-refractivity contribution in [2.45, 2.75) is 123 Å². The number of fused-ring (bicyclic) bond motifs is 4. The van der Waals surface area contributed by atoms with Crippen LogP contribution in [0.3, 0.4) is 0 Å². The molecule has 3 aromatic carbocycles. The van der Waals surface area contributed by atoms with Crippen molar-refractivity contribution in [2.75, 3.05) is 71.0 Å². The van der Waals surface area contributed by atoms with Gasteiger partial charge in [0.05, 0.1) is 34.1 Å². The van der Waals surface area contributed by atoms with Gasteiger partial charge in [0.2, 0.25) is 11.8 Å². The number of phenols is 1. The first-order valence-electron chi connectivity index (χ1n) is 28.0. The van der Waals surface area contributed by atoms with Gasteiger partial charge in [-0.2, -0.15) is 9.97 Å². The number of piperazine rings is 1. The van der Waals surface area contributed by atoms with E-state index in [9.17, 15) is 19.5 Å². The van der Waals surface area contributed by atoms with E-state index < -0.39 is 23.3 Å². The minimum Gasteiger partial charge on any atom is -0.508 e. The van der Waals surface area contributed by atoms with Crippen LogP contribution < -0.4 is 25.6 Å². The van der Waals surface area contributed by atoms with Crippen molar-refractivity contribution < 1.29 is 33.4 Å². The van der Waals surface area contributed by atoms with Gasteiger partial charge in [0, 0.05) is 56.1 Å². The number of amides is 2. The third-order valence-corrected chi connectivity index (χ3v) is 16.9. The van der Waals surface area contributed by atoms with Crippen LogP contribution in [0.5, 0.6) is 11.8 Å². The van der Waals surface area contributed by atoms with Gasteiger partial charge in [-0.3, -0.25) is 19.5 Å². The number of phenolic OH excluding ortho intramolecular Hbond substituents is 1. The van der Waals surface area contributed by atoms with Crippen LogP contribution in [0, 0.1) is 17.2 Å². The molecule has 18 heteroatoms. The number of benzene rings is 3. The number of aldehydes is 1. The summed E-state index contributed by atoms with van der Waals surface area (Å²) in [6.45, 7) is 17.0. The van der Waals surface area contributed by atoms with E-state index in [4.69, 9.17) is 14.5 Å². The molecule has 5 atom stereocenters. The topological polar surface area (TPSA) is 187 Å². The number of likely N-dealkylation sites (tertiary alicyclic amines) is 2. The van der Waals surface area contributed by atoms with Gasteiger partial charge in [-0.15, -0.1) is 11.3 Å². The Hall–Kier alpha value is -6.18. The normalized spacial score (nSPS) is 19.7. The summed E-state index contributed by atoms with van der Waals surface area (Å²) in [5.74, 6) is -0.230. The standard InChI is InChI=1S/C46H59FN8O6.C14H18N2S/c1-5-29-8-6-9-30-20-34(57)21-35(38(29)30)40-39(47)41-36(22-48-40)43(54-23-31-11-12-32(24-54)49-31)52-45(51-41)61-19-18-53-16-13-28(14-17-53)26-60-27-37(58)50-42(46(2,3)4)44(59)55-15-7-10-33(55)25-56;1-4-13-14(17-9-16-13)12-7-5-11(6-8-12)10(2)15-3/h6,8-9,20-22,25,28,31-33,42,49,57H,5,7,10-19,23-24,26-27H2,1-4H3,(H,50,58);5-10,15H,4H2,1-3H3. The summed E-state index contributed by atoms with van der Waals surface area (Å²) in [5, 5.41) is 22.7. The molecule has 3 aromatic heterocycles. The number of aryl methyl sites for hydroxylation is 2. The van der Waals surface area contributed by atoms with E-state index in [1.807, 2.05) is 51.5 Å². The zero-order valence-electron chi connectivity index (χ0n) is 46.3. The van der Waals surface area contributed by atoms with Gasteiger partial charge in [0.1, 0.15) is 48.3 Å². The minimum atomic E-state index is -0.758. The van der Waals surface area contributed by atoms with Crippen molar-refractivity contribution >= 4 is 56.9 Å². The molecule has 0 saturated carbocycles. The van der Waals surface area contributed by atoms with Crippen molar-refractivity contribution in [1.29, 1.82) is 0 Å². The molecular formula is C60H77FN10O6S. The number of hydrogen-bond donors (Lipinski definition) is 4. The zero-order valence-corrected chi connectivity index (χ0v) is 47.1. The molecule has 10 rings (SSSR count). The summed E-state index contributed by atoms with van der Waals surface area (Å²) in [6, 6.07) is 17.9. The molecule has 16 nitrogen and oxygen atoms in total. The Kier molecular flexibility index (Phi) is 18.3. The average Bonchev–Trinajstić information content (AvgIpc) is 4.32. The summed E-state index contributed by atoms with van der Waals surface area (Å²) in [6.07, 6.45) is 9.56. The van der Waals surface area contributed by atoms with Crippen LogP contribution >= 0.6 is 11.3 Å². The highest BCUT2D eigenvalue weighted by Crippen LogP contribution is 2.39. The number of thiazole rings is 1. The molecule has 5 unspecified atom stereocenters. The molecule has 0 spiro atoms. The summed E-state index contributed by atoms with van der Waals surface area (Å²) < 4.78 is 29.0. The van der Waals surface area contributed by atoms with E-state index in [0.29, 0.717) is 67.6 Å². The predicted octanol–water partition coefficient (Wildman–Crippen LogP) is 8.67. The number of rotatable bonds is 18. The van der Waals surface area contributed by atoms with E-state index in [0.717, 1.165) is 93.7 Å². The number of pyridine rings is 1. The van der Waals surface area contributed by atoms with E-state index in [2.05, 4.69) is 85.7 Å². The van der Waals surface area contributed by atoms with Gasteiger partial charge in [-0.1, -0.05) is 77.1 Å². The molecule has 4 saturated heterocycles. The number of hydrogen-bond acceptors (Lipinski definition) is 15. The smallest absolute Gasteiger partial charge is 0.319 e. The number of carbonyl (C=O) groups is 3. The number of piperidine rings is 1. The second-order valence-corrected chi connectivity index (χ2v) is 23.3. The maximum atomic E-state index is 17.0. The molecule has 4 aliphatic rings. The second-order valence-electron chi connectivity index (χ2n) is 22.4. The van der Waals surface area contributed by atoms with Crippen LogP contribution in [0.15, 0.2) is 66.3 Å². The van der Waals surface area contributed by atoms with Crippen molar-refractivity contribution in [3.63, 3.8) is 0 Å². The fraction of sp³-hybridized carbons (Fsp3) is 0.517. The number of nitrogens with one attached hydrogen (secondary N) is 3. The molecule has 0 radical (unpaired) electrons. The Morgan fingerprint density at radius 1 is 0.974 bits per heavy atom. The highest BCUT2D eigenvalue weighted by molar-refractivity contribution is 7.13. The van der Waals surface area contributed by atoms with Crippen LogP contribution in [-0.4, -0.2) is 143 Å². The predicted molar refractivity (Wildman–Crippen MR) is 305 cm³/mol. The molecule has 2 amide bonds. The van der Waals surface area contributed by atoms with E-state index in [1.54, 1.807) is 34.6 Å². The van der Waals surface area contributed by atoms with Gasteiger partial charge < -0.3 is 45.1 Å². The van der Waals surface area contributed by atoms with Gasteiger partial charge in [0.15, 0.2) is 5.82 Å². The lowest BCUT2D eigenvalue weighted by atomic mass is 9.85. The lowest BCUT2D eigenvalue weighted by Crippen LogP contribution is -2.56. The maximum absolute atomic E-state index is 17.0. The molecule has 7 heterocycles. The number of nitrogens with zero attached hydrogens (tertiary/aromatic N) is 7. The molecule has 78 heavy (non-hydrogen) atoms. The Bertz CT molecular complexity index is 3040. The number of carbonyl (C=O) groups excluding carboxylic acids is 3. The number of aromatic nitrogens is 4. The Labute approximate surface area is 461 Å². The third kappa shape index (κ3) is 12.9. The molecular weight excluding hydrogens is 1010 g/mol. The van der Waals surface area contributed by atoms with Gasteiger partial charge >= 0.3 is 6.01 Å². The van der Waals surface area contributed by atoms with E-state index in [1.165, 1.54) is 21.7 Å². The largest absolute Gasteiger partial charge is 0.508 e. The van der Waals surface area contributed by atoms with Crippen LogP contribution in [-0.2, 0) is 32.0 Å². The van der Waals surface area contributed by atoms with Crippen LogP contribution in [0.25, 0.3) is 43.4 Å². The Balaban J connectivity index is 0.000000369. The molecule has 2 bridgehead atoms. The first-order valence-corrected chi connectivity index (χ1v) is 28.8. The number of ether oxygens (including phenoxy) is 2. The van der Waals surface area contributed by atoms with Gasteiger partial charge in [-0.05, 0) is 129 Å². The van der Waals surface area contributed by atoms with Crippen molar-refractivity contribution in [3.05, 3.63) is 88.9 Å². The minimum absolute atomic E-state index is 0.0348. The SMILES string of the molecule is CCc1cccc2cc(O)cc(-c3ncc4c(N5CC6CCC(C5)N6)nc(OCCN5CCC(COCC(=O)NC(C(=O)N6CCCC6C=O)C(C)(C)C)CC5)nc4c3F)c12.CCc1ncsc1-c1ccc(C(C)NC)cc1. The maximum Gasteiger partial charge on any atom is 0.319 e. The molecule has 4 fully saturated rings. The summed E-state index contributed by atoms with van der Waals surface area (Å²) in [4.78, 5) is 63.9. The number of aromatic hydroxyl groups is 1. The summed E-state index contributed by atoms with van der Waals surface area (Å²) >= 11 is 1.72. The molecule has 6 aromatic rings. The van der Waals surface area contributed by atoms with Crippen molar-refractivity contribution in [1.82, 2.24) is 45.7 Å². The first-order chi connectivity index (χ1) is 37.7. The quantitative estimate of drug-likeness (QED) is 0.0599. The van der Waals surface area contributed by atoms with E-state index in [-0.39, 0.29) is 47.3 Å². The molecule has 0 aliphatic carbocycles. The monoisotopic (exact) mass is 1080 g/mol. The molecule has 4 aliphatic heterocycles. The summed E-state index contributed by atoms with van der Waals surface area (Å²) in [7, 11) is 1.98. The highest BCUT2D eigenvalue weighted by atomic mass is 32.1. The van der Waals surface area contributed by atoms with Gasteiger partial charge in [-0.25, -0.2) is 9.37 Å². The Morgan fingerprint density at radius 2 is 1.73 bits per heavy atom. The number of anilines is 1. The third-order valence-electron chi connectivity index (χ3n) is 16.0. The second kappa shape index (κ2) is 25.3. The van der Waals surface area contributed by atoms with Crippen LogP contribution in [0.4, 0.5) is 10.2 Å². The number of halogens is 1. The lowest BCUT2D eigenvalue weighted by molar-refractivity contribution is -0.142. The Morgan fingerprint density at radius 3 is 2.42 bits per heavy atom. The zero-order chi connectivity index (χ0) is 55.1. The average molecular weight is 1090 g/mol. The van der Waals surface area contributed by atoms with Crippen molar-refractivity contribution in [2.24, 2.45) is 11.3 Å². The lowest BCUT2D eigenvalue weighted by Gasteiger charge is -2.35. The van der Waals surface area contributed by atoms with Crippen molar-refractivity contribution in [3.8, 4) is 33.5 Å². The highest BCUT2D eigenvalue weighted by Gasteiger charge is 2.40.